The maximum Gasteiger partial charge on any atom is 0.417 e. The van der Waals surface area contributed by atoms with Crippen LogP contribution in [0.15, 0.2) is 90.1 Å². The smallest absolute Gasteiger partial charge is 0.417 e. The Morgan fingerprint density at radius 2 is 1.56 bits per heavy atom. The number of rotatable bonds is 7. The van der Waals surface area contributed by atoms with Gasteiger partial charge in [0.25, 0.3) is 11.6 Å². The molecule has 0 saturated carbocycles. The van der Waals surface area contributed by atoms with Gasteiger partial charge < -0.3 is 9.57 Å². The molecule has 0 aromatic heterocycles. The maximum atomic E-state index is 13.7. The molecule has 0 aliphatic carbocycles. The van der Waals surface area contributed by atoms with Gasteiger partial charge in [-0.05, 0) is 41.7 Å². The summed E-state index contributed by atoms with van der Waals surface area (Å²) in [7, 11) is 0. The molecule has 9 nitrogen and oxygen atoms in total. The van der Waals surface area contributed by atoms with Gasteiger partial charge in [-0.1, -0.05) is 65.8 Å². The fourth-order valence-electron chi connectivity index (χ4n) is 4.72. The quantitative estimate of drug-likeness (QED) is 0.365. The summed E-state index contributed by atoms with van der Waals surface area (Å²) in [4.78, 5) is 43.8. The Morgan fingerprint density at radius 1 is 0.972 bits per heavy atom. The number of carbonyl (C=O) groups is 2. The molecular weight excluding hydrogens is 462 g/mol. The molecule has 0 N–H and O–H groups in total. The van der Waals surface area contributed by atoms with E-state index >= 15 is 0 Å². The van der Waals surface area contributed by atoms with Gasteiger partial charge in [0, 0.05) is 18.6 Å². The van der Waals surface area contributed by atoms with Crippen molar-refractivity contribution >= 4 is 23.4 Å². The van der Waals surface area contributed by atoms with Gasteiger partial charge in [-0.15, -0.1) is 0 Å². The highest BCUT2D eigenvalue weighted by molar-refractivity contribution is 6.06. The minimum absolute atomic E-state index is 0.0442. The van der Waals surface area contributed by atoms with Crippen molar-refractivity contribution in [3.05, 3.63) is 112 Å². The Hall–Kier alpha value is -4.53. The summed E-state index contributed by atoms with van der Waals surface area (Å²) in [5.41, 5.74) is 2.06. The van der Waals surface area contributed by atoms with E-state index in [0.717, 1.165) is 11.1 Å². The molecule has 1 saturated heterocycles. The Kier molecular flexibility index (Phi) is 6.20. The second-order valence-corrected chi connectivity index (χ2v) is 8.92. The molecule has 36 heavy (non-hydrogen) atoms. The van der Waals surface area contributed by atoms with Crippen LogP contribution < -0.4 is 0 Å². The molecular formula is C27H23N3O6. The van der Waals surface area contributed by atoms with Crippen LogP contribution >= 0.6 is 0 Å². The average Bonchev–Trinajstić information content (AvgIpc) is 3.50. The number of benzene rings is 3. The summed E-state index contributed by atoms with van der Waals surface area (Å²) in [6.07, 6.45) is -0.745. The zero-order valence-electron chi connectivity index (χ0n) is 19.3. The lowest BCUT2D eigenvalue weighted by atomic mass is 9.84. The lowest BCUT2D eigenvalue weighted by Crippen LogP contribution is -2.56. The number of hydrogen-bond acceptors (Lipinski definition) is 7. The fourth-order valence-corrected chi connectivity index (χ4v) is 4.72. The van der Waals surface area contributed by atoms with Crippen LogP contribution in [-0.2, 0) is 27.2 Å². The van der Waals surface area contributed by atoms with Gasteiger partial charge in [0.1, 0.15) is 6.61 Å². The van der Waals surface area contributed by atoms with Gasteiger partial charge in [0.2, 0.25) is 6.10 Å². The highest BCUT2D eigenvalue weighted by atomic mass is 16.6. The molecule has 0 spiro atoms. The molecule has 9 heteroatoms. The first-order chi connectivity index (χ1) is 17.4. The van der Waals surface area contributed by atoms with E-state index < -0.39 is 28.6 Å². The number of hydrogen-bond donors (Lipinski definition) is 0. The molecule has 2 aliphatic heterocycles. The molecule has 1 unspecified atom stereocenters. The van der Waals surface area contributed by atoms with Crippen LogP contribution in [0, 0.1) is 10.1 Å². The van der Waals surface area contributed by atoms with Crippen molar-refractivity contribution in [3.63, 3.8) is 0 Å². The SMILES string of the molecule is O=C1OCC(Cc2ccccc2)(Cc2ccccc2)N1C(=O)C1CC(c2ccc([N+](=O)[O-])cc2)=NO1. The Bertz CT molecular complexity index is 1270. The number of ether oxygens (including phenoxy) is 1. The molecule has 2 amide bonds. The number of nitrogens with zero attached hydrogens (tertiary/aromatic N) is 3. The molecule has 1 fully saturated rings. The number of oxime groups is 1. The van der Waals surface area contributed by atoms with Gasteiger partial charge >= 0.3 is 6.09 Å². The van der Waals surface area contributed by atoms with E-state index in [1.54, 1.807) is 12.1 Å². The van der Waals surface area contributed by atoms with Crippen LogP contribution in [0.4, 0.5) is 10.5 Å². The number of imide groups is 1. The molecule has 5 rings (SSSR count). The van der Waals surface area contributed by atoms with Crippen molar-refractivity contribution in [3.8, 4) is 0 Å². The summed E-state index contributed by atoms with van der Waals surface area (Å²) >= 11 is 0. The molecule has 0 bridgehead atoms. The highest BCUT2D eigenvalue weighted by Crippen LogP contribution is 2.34. The average molecular weight is 485 g/mol. The number of nitro benzene ring substituents is 1. The molecule has 2 heterocycles. The Labute approximate surface area is 207 Å². The van der Waals surface area contributed by atoms with E-state index in [1.807, 2.05) is 60.7 Å². The molecule has 0 radical (unpaired) electrons. The largest absolute Gasteiger partial charge is 0.447 e. The molecule has 2 aliphatic rings. The predicted molar refractivity (Wildman–Crippen MR) is 130 cm³/mol. The van der Waals surface area contributed by atoms with Gasteiger partial charge in [-0.3, -0.25) is 14.9 Å². The normalized spacial score (nSPS) is 18.3. The van der Waals surface area contributed by atoms with Crippen LogP contribution in [0.2, 0.25) is 0 Å². The van der Waals surface area contributed by atoms with Crippen LogP contribution in [0.1, 0.15) is 23.1 Å². The van der Waals surface area contributed by atoms with Gasteiger partial charge in [-0.25, -0.2) is 9.69 Å². The van der Waals surface area contributed by atoms with Crippen LogP contribution in [0.25, 0.3) is 0 Å². The first kappa shape index (κ1) is 23.2. The van der Waals surface area contributed by atoms with Crippen molar-refractivity contribution in [2.45, 2.75) is 30.9 Å². The second-order valence-electron chi connectivity index (χ2n) is 8.92. The van der Waals surface area contributed by atoms with E-state index in [1.165, 1.54) is 17.0 Å². The highest BCUT2D eigenvalue weighted by Gasteiger charge is 2.53. The summed E-state index contributed by atoms with van der Waals surface area (Å²) in [6.45, 7) is 0.0597. The molecule has 182 valence electrons. The van der Waals surface area contributed by atoms with E-state index in [9.17, 15) is 19.7 Å². The zero-order chi connectivity index (χ0) is 25.1. The molecule has 3 aromatic rings. The minimum Gasteiger partial charge on any atom is -0.447 e. The first-order valence-corrected chi connectivity index (χ1v) is 11.5. The number of nitro groups is 1. The van der Waals surface area contributed by atoms with Crippen molar-refractivity contribution in [2.75, 3.05) is 6.61 Å². The standard InChI is InChI=1S/C27H23N3O6/c31-25(24-15-23(28-36-24)21-11-13-22(14-12-21)30(33)34)29-26(32)35-18-27(29,16-19-7-3-1-4-8-19)17-20-9-5-2-6-10-20/h1-14,24H,15-18H2. The van der Waals surface area contributed by atoms with E-state index in [0.29, 0.717) is 24.1 Å². The van der Waals surface area contributed by atoms with Crippen molar-refractivity contribution in [2.24, 2.45) is 5.16 Å². The van der Waals surface area contributed by atoms with Crippen LogP contribution in [-0.4, -0.2) is 45.8 Å². The Morgan fingerprint density at radius 3 is 2.11 bits per heavy atom. The third kappa shape index (κ3) is 4.55. The monoisotopic (exact) mass is 485 g/mol. The van der Waals surface area contributed by atoms with E-state index in [2.05, 4.69) is 5.16 Å². The minimum atomic E-state index is -1.01. The van der Waals surface area contributed by atoms with Crippen molar-refractivity contribution in [1.82, 2.24) is 4.90 Å². The van der Waals surface area contributed by atoms with Gasteiger partial charge in [0.15, 0.2) is 0 Å². The Balaban J connectivity index is 1.40. The van der Waals surface area contributed by atoms with E-state index in [-0.39, 0.29) is 18.7 Å². The predicted octanol–water partition coefficient (Wildman–Crippen LogP) is 4.29. The van der Waals surface area contributed by atoms with E-state index in [4.69, 9.17) is 9.57 Å². The fraction of sp³-hybridized carbons (Fsp3) is 0.222. The third-order valence-corrected chi connectivity index (χ3v) is 6.45. The topological polar surface area (TPSA) is 111 Å². The summed E-state index contributed by atoms with van der Waals surface area (Å²) in [5, 5.41) is 15.0. The maximum absolute atomic E-state index is 13.7. The van der Waals surface area contributed by atoms with Gasteiger partial charge in [0.05, 0.1) is 16.2 Å². The number of cyclic esters (lactones) is 1. The zero-order valence-corrected chi connectivity index (χ0v) is 19.3. The van der Waals surface area contributed by atoms with Gasteiger partial charge in [-0.2, -0.15) is 0 Å². The van der Waals surface area contributed by atoms with Crippen molar-refractivity contribution in [1.29, 1.82) is 0 Å². The lowest BCUT2D eigenvalue weighted by Gasteiger charge is -2.35. The first-order valence-electron chi connectivity index (χ1n) is 11.5. The van der Waals surface area contributed by atoms with Crippen LogP contribution in [0.3, 0.4) is 0 Å². The summed E-state index contributed by atoms with van der Waals surface area (Å²) in [5.74, 6) is -0.523. The summed E-state index contributed by atoms with van der Waals surface area (Å²) in [6, 6.07) is 25.2. The summed E-state index contributed by atoms with van der Waals surface area (Å²) < 4.78 is 5.46. The molecule has 3 aromatic carbocycles. The number of carbonyl (C=O) groups excluding carboxylic acids is 2. The van der Waals surface area contributed by atoms with Crippen LogP contribution in [0.5, 0.6) is 0 Å². The third-order valence-electron chi connectivity index (χ3n) is 6.45. The molecule has 1 atom stereocenters. The lowest BCUT2D eigenvalue weighted by molar-refractivity contribution is -0.384. The number of non-ortho nitro benzene ring substituents is 1. The van der Waals surface area contributed by atoms with Crippen molar-refractivity contribution < 1.29 is 24.1 Å². The number of amides is 2. The second kappa shape index (κ2) is 9.61.